The van der Waals surface area contributed by atoms with Crippen molar-refractivity contribution >= 4 is 0 Å². The van der Waals surface area contributed by atoms with Gasteiger partial charge in [-0.3, -0.25) is 0 Å². The summed E-state index contributed by atoms with van der Waals surface area (Å²) in [5.74, 6) is 0. The van der Waals surface area contributed by atoms with Crippen molar-refractivity contribution in [3.63, 3.8) is 0 Å². The van der Waals surface area contributed by atoms with Gasteiger partial charge < -0.3 is 0 Å². The summed E-state index contributed by atoms with van der Waals surface area (Å²) < 4.78 is 0. The average Bonchev–Trinajstić information content (AvgIpc) is 1.97. The monoisotopic (exact) mass is 150 g/mol. The van der Waals surface area contributed by atoms with Crippen LogP contribution in [0.5, 0.6) is 0 Å². The maximum absolute atomic E-state index is 2.00. The second-order valence-corrected chi connectivity index (χ2v) is 1.82. The minimum Gasteiger partial charge on any atom is -0.0877 e. The number of rotatable bonds is 3. The summed E-state index contributed by atoms with van der Waals surface area (Å²) in [5.41, 5.74) is 0. The fourth-order valence-electron chi connectivity index (χ4n) is 0.479. The van der Waals surface area contributed by atoms with Gasteiger partial charge >= 0.3 is 0 Å². The molecule has 0 aromatic rings. The van der Waals surface area contributed by atoms with Crippen LogP contribution in [-0.4, -0.2) is 0 Å². The summed E-state index contributed by atoms with van der Waals surface area (Å²) >= 11 is 0. The van der Waals surface area contributed by atoms with E-state index in [1.54, 1.807) is 0 Å². The van der Waals surface area contributed by atoms with Crippen molar-refractivity contribution in [2.75, 3.05) is 0 Å². The van der Waals surface area contributed by atoms with Gasteiger partial charge in [-0.1, -0.05) is 56.0 Å². The van der Waals surface area contributed by atoms with E-state index >= 15 is 0 Å². The second kappa shape index (κ2) is 11.7. The molecule has 0 aromatic heterocycles. The van der Waals surface area contributed by atoms with Crippen molar-refractivity contribution in [3.05, 3.63) is 48.6 Å². The van der Waals surface area contributed by atoms with Crippen LogP contribution >= 0.6 is 0 Å². The van der Waals surface area contributed by atoms with Crippen LogP contribution in [0.2, 0.25) is 0 Å². The van der Waals surface area contributed by atoms with Crippen molar-refractivity contribution < 1.29 is 0 Å². The predicted octanol–water partition coefficient (Wildman–Crippen LogP) is 3.89. The fourth-order valence-corrected chi connectivity index (χ4v) is 0.479. The van der Waals surface area contributed by atoms with E-state index in [4.69, 9.17) is 0 Å². The van der Waals surface area contributed by atoms with Gasteiger partial charge in [0.15, 0.2) is 0 Å². The molecule has 0 aliphatic carbocycles. The largest absolute Gasteiger partial charge is 0.0877 e. The van der Waals surface area contributed by atoms with Crippen molar-refractivity contribution in [3.8, 4) is 0 Å². The molecule has 11 heavy (non-hydrogen) atoms. The lowest BCUT2D eigenvalue weighted by atomic mass is 10.4. The lowest BCUT2D eigenvalue weighted by Gasteiger charge is -1.71. The summed E-state index contributed by atoms with van der Waals surface area (Å²) in [6, 6.07) is 0. The first-order chi connectivity index (χ1) is 4.91. The molecule has 0 heteroatoms. The van der Waals surface area contributed by atoms with Gasteiger partial charge in [0.05, 0.1) is 0 Å². The van der Waals surface area contributed by atoms with Crippen LogP contribution in [0.4, 0.5) is 0 Å². The number of hydrogen-bond donors (Lipinski definition) is 0. The standard InChI is InChI=1S/C10H14.CH4/c1-3-5-7-9-10-8-6-4-2;/h3-10H,1-2H3;1H4/b5-3+,6-4+,9-7-,10-8+;. The van der Waals surface area contributed by atoms with E-state index in [0.29, 0.717) is 0 Å². The summed E-state index contributed by atoms with van der Waals surface area (Å²) in [6.07, 6.45) is 16.0. The topological polar surface area (TPSA) is 0 Å². The highest BCUT2D eigenvalue weighted by molar-refractivity contribution is 5.14. The molecule has 0 aliphatic rings. The molecule has 0 saturated carbocycles. The molecule has 62 valence electrons. The molecule has 0 fully saturated rings. The van der Waals surface area contributed by atoms with Crippen LogP contribution < -0.4 is 0 Å². The van der Waals surface area contributed by atoms with Gasteiger partial charge in [-0.25, -0.2) is 0 Å². The zero-order valence-electron chi connectivity index (χ0n) is 6.62. The average molecular weight is 150 g/mol. The molecule has 0 atom stereocenters. The Kier molecular flexibility index (Phi) is 13.4. The van der Waals surface area contributed by atoms with Crippen LogP contribution in [0.15, 0.2) is 48.6 Å². The smallest absolute Gasteiger partial charge is 0.0467 e. The molecular weight excluding hydrogens is 132 g/mol. The van der Waals surface area contributed by atoms with Gasteiger partial charge in [-0.05, 0) is 13.8 Å². The third-order valence-corrected chi connectivity index (χ3v) is 0.940. The number of hydrogen-bond acceptors (Lipinski definition) is 0. The molecule has 0 N–H and O–H groups in total. The van der Waals surface area contributed by atoms with E-state index in [2.05, 4.69) is 0 Å². The molecule has 0 heterocycles. The van der Waals surface area contributed by atoms with Crippen molar-refractivity contribution in [1.29, 1.82) is 0 Å². The molecule has 0 nitrogen and oxygen atoms in total. The van der Waals surface area contributed by atoms with Crippen molar-refractivity contribution in [1.82, 2.24) is 0 Å². The van der Waals surface area contributed by atoms with Gasteiger partial charge in [-0.2, -0.15) is 0 Å². The van der Waals surface area contributed by atoms with E-state index in [9.17, 15) is 0 Å². The minimum absolute atomic E-state index is 0. The molecule has 0 amide bonds. The molecule has 0 spiro atoms. The fraction of sp³-hybridized carbons (Fsp3) is 0.273. The van der Waals surface area contributed by atoms with E-state index in [-0.39, 0.29) is 7.43 Å². The highest BCUT2D eigenvalue weighted by atomic mass is 13.7. The van der Waals surface area contributed by atoms with Gasteiger partial charge in [0, 0.05) is 0 Å². The molecule has 0 saturated heterocycles. The number of allylic oxidation sites excluding steroid dienone is 8. The lowest BCUT2D eigenvalue weighted by molar-refractivity contribution is 1.72. The maximum Gasteiger partial charge on any atom is -0.0467 e. The molecule has 0 rings (SSSR count). The SMILES string of the molecule is C.C/C=C/C=C\C=C\C=C\C. The van der Waals surface area contributed by atoms with Crippen LogP contribution in [0, 0.1) is 0 Å². The lowest BCUT2D eigenvalue weighted by Crippen LogP contribution is -1.49. The van der Waals surface area contributed by atoms with Crippen LogP contribution in [0.25, 0.3) is 0 Å². The van der Waals surface area contributed by atoms with Crippen molar-refractivity contribution in [2.24, 2.45) is 0 Å². The predicted molar refractivity (Wildman–Crippen MR) is 54.6 cm³/mol. The Bertz CT molecular complexity index is 137. The normalized spacial score (nSPS) is 12.2. The van der Waals surface area contributed by atoms with E-state index < -0.39 is 0 Å². The van der Waals surface area contributed by atoms with Crippen LogP contribution in [-0.2, 0) is 0 Å². The third kappa shape index (κ3) is 12.2. The molecule has 0 aliphatic heterocycles. The highest BCUT2D eigenvalue weighted by Crippen LogP contribution is 1.80. The van der Waals surface area contributed by atoms with Crippen LogP contribution in [0.1, 0.15) is 21.3 Å². The molecular formula is C11H18. The van der Waals surface area contributed by atoms with Crippen LogP contribution in [0.3, 0.4) is 0 Å². The third-order valence-electron chi connectivity index (χ3n) is 0.940. The Labute approximate surface area is 70.6 Å². The summed E-state index contributed by atoms with van der Waals surface area (Å²) in [5, 5.41) is 0. The molecule has 0 radical (unpaired) electrons. The zero-order valence-corrected chi connectivity index (χ0v) is 6.62. The summed E-state index contributed by atoms with van der Waals surface area (Å²) in [6.45, 7) is 4.00. The Morgan fingerprint density at radius 2 is 0.818 bits per heavy atom. The second-order valence-electron chi connectivity index (χ2n) is 1.82. The first-order valence-electron chi connectivity index (χ1n) is 3.49. The van der Waals surface area contributed by atoms with Gasteiger partial charge in [0.25, 0.3) is 0 Å². The van der Waals surface area contributed by atoms with E-state index in [1.807, 2.05) is 62.5 Å². The minimum atomic E-state index is 0. The van der Waals surface area contributed by atoms with E-state index in [1.165, 1.54) is 0 Å². The Hall–Kier alpha value is -1.04. The molecule has 0 unspecified atom stereocenters. The maximum atomic E-state index is 2.00. The van der Waals surface area contributed by atoms with Gasteiger partial charge in [-0.15, -0.1) is 0 Å². The first-order valence-corrected chi connectivity index (χ1v) is 3.49. The summed E-state index contributed by atoms with van der Waals surface area (Å²) in [7, 11) is 0. The molecule has 0 bridgehead atoms. The quantitative estimate of drug-likeness (QED) is 0.535. The highest BCUT2D eigenvalue weighted by Gasteiger charge is 1.58. The summed E-state index contributed by atoms with van der Waals surface area (Å²) in [4.78, 5) is 0. The zero-order chi connectivity index (χ0) is 7.66. The Morgan fingerprint density at radius 1 is 0.545 bits per heavy atom. The Morgan fingerprint density at radius 3 is 1.09 bits per heavy atom. The van der Waals surface area contributed by atoms with Gasteiger partial charge in [0.1, 0.15) is 0 Å². The Balaban J connectivity index is 0. The molecule has 0 aromatic carbocycles. The van der Waals surface area contributed by atoms with E-state index in [0.717, 1.165) is 0 Å². The van der Waals surface area contributed by atoms with Gasteiger partial charge in [0.2, 0.25) is 0 Å². The first kappa shape index (κ1) is 12.6. The van der Waals surface area contributed by atoms with Crippen molar-refractivity contribution in [2.45, 2.75) is 21.3 Å².